The number of fused-ring (bicyclic) bond motifs is 4. The summed E-state index contributed by atoms with van der Waals surface area (Å²) in [6.07, 6.45) is 3.60. The number of hydrogen-bond donors (Lipinski definition) is 0. The molecule has 0 aliphatic carbocycles. The van der Waals surface area contributed by atoms with Gasteiger partial charge in [0, 0.05) is 42.9 Å². The minimum Gasteiger partial charge on any atom is -0.318 e. The van der Waals surface area contributed by atoms with Crippen molar-refractivity contribution in [3.8, 4) is 28.3 Å². The normalized spacial score (nSPS) is 10.7. The van der Waals surface area contributed by atoms with Gasteiger partial charge in [0.05, 0.1) is 11.3 Å². The number of nitrogens with zero attached hydrogens (tertiary/aromatic N) is 4. The van der Waals surface area contributed by atoms with Crippen LogP contribution in [0.25, 0.3) is 59.7 Å². The van der Waals surface area contributed by atoms with Crippen LogP contribution in [0.3, 0.4) is 0 Å². The van der Waals surface area contributed by atoms with Gasteiger partial charge in [0.25, 0.3) is 0 Å². The van der Waals surface area contributed by atoms with E-state index in [1.807, 2.05) is 85.1 Å². The van der Waals surface area contributed by atoms with Crippen LogP contribution in [0.4, 0.5) is 0 Å². The maximum absolute atomic E-state index is 4.96. The van der Waals surface area contributed by atoms with Crippen LogP contribution in [-0.2, 0) is 20.1 Å². The summed E-state index contributed by atoms with van der Waals surface area (Å²) in [4.78, 5) is 13.8. The Balaban J connectivity index is 0.000000196. The van der Waals surface area contributed by atoms with Crippen LogP contribution in [0.2, 0.25) is 0 Å². The molecule has 0 N–H and O–H groups in total. The molecule has 6 heteroatoms. The van der Waals surface area contributed by atoms with E-state index in [1.54, 1.807) is 17.5 Å². The maximum Gasteiger partial charge on any atom is 0.155 e. The molecule has 0 amide bonds. The van der Waals surface area contributed by atoms with Crippen molar-refractivity contribution in [1.29, 1.82) is 0 Å². The predicted octanol–water partition coefficient (Wildman–Crippen LogP) is 8.80. The standard InChI is InChI=1S/C24H14N3S.C11H8N.Ir/c1-2-8-16(9-3-1)27-23(26-20-13-7-15-25-24(20)27)19-12-6-11-18-17-10-4-5-14-21(17)28-22(18)19;1-2-6-10(7-3-1)11-8-4-5-9-12-11;/h1-11,13-15H;1-6,8-9H;/q2*-1;. The molecule has 0 saturated carbocycles. The van der Waals surface area contributed by atoms with E-state index in [0.717, 1.165) is 39.5 Å². The Labute approximate surface area is 255 Å². The van der Waals surface area contributed by atoms with Crippen LogP contribution in [-0.4, -0.2) is 19.5 Å². The molecule has 0 bridgehead atoms. The molecular weight excluding hydrogens is 701 g/mol. The molecular formula is C35H22IrN4S-2. The number of thiophene rings is 1. The number of hydrogen-bond acceptors (Lipinski definition) is 4. The topological polar surface area (TPSA) is 43.6 Å². The monoisotopic (exact) mass is 723 g/mol. The average Bonchev–Trinajstić information content (AvgIpc) is 3.62. The van der Waals surface area contributed by atoms with Crippen molar-refractivity contribution in [2.45, 2.75) is 0 Å². The van der Waals surface area contributed by atoms with E-state index >= 15 is 0 Å². The second kappa shape index (κ2) is 11.9. The van der Waals surface area contributed by atoms with Crippen LogP contribution in [0, 0.1) is 12.1 Å². The van der Waals surface area contributed by atoms with Crippen LogP contribution in [0.5, 0.6) is 0 Å². The summed E-state index contributed by atoms with van der Waals surface area (Å²) in [5.41, 5.74) is 5.81. The van der Waals surface area contributed by atoms with Gasteiger partial charge in [-0.2, -0.15) is 11.3 Å². The Bertz CT molecular complexity index is 2020. The molecule has 8 aromatic rings. The van der Waals surface area contributed by atoms with Crippen LogP contribution < -0.4 is 0 Å². The average molecular weight is 723 g/mol. The zero-order valence-electron chi connectivity index (χ0n) is 21.7. The number of benzene rings is 4. The van der Waals surface area contributed by atoms with E-state index in [0.29, 0.717) is 0 Å². The molecule has 4 heterocycles. The summed E-state index contributed by atoms with van der Waals surface area (Å²) < 4.78 is 4.61. The maximum atomic E-state index is 4.96. The van der Waals surface area contributed by atoms with Crippen molar-refractivity contribution >= 4 is 42.7 Å². The molecule has 199 valence electrons. The minimum absolute atomic E-state index is 0. The van der Waals surface area contributed by atoms with Gasteiger partial charge in [-0.25, -0.2) is 4.98 Å². The Morgan fingerprint density at radius 2 is 1.44 bits per heavy atom. The summed E-state index contributed by atoms with van der Waals surface area (Å²) in [6.45, 7) is 0. The summed E-state index contributed by atoms with van der Waals surface area (Å²) in [7, 11) is 0. The molecule has 0 saturated heterocycles. The largest absolute Gasteiger partial charge is 0.318 e. The van der Waals surface area contributed by atoms with E-state index in [9.17, 15) is 0 Å². The van der Waals surface area contributed by atoms with Crippen molar-refractivity contribution in [3.63, 3.8) is 0 Å². The van der Waals surface area contributed by atoms with Gasteiger partial charge in [-0.15, -0.1) is 54.1 Å². The summed E-state index contributed by atoms with van der Waals surface area (Å²) in [5, 5.41) is 2.52. The molecule has 41 heavy (non-hydrogen) atoms. The van der Waals surface area contributed by atoms with Crippen LogP contribution in [0.15, 0.2) is 134 Å². The molecule has 4 nitrogen and oxygen atoms in total. The van der Waals surface area contributed by atoms with Crippen molar-refractivity contribution < 1.29 is 20.1 Å². The zero-order chi connectivity index (χ0) is 26.7. The fraction of sp³-hybridized carbons (Fsp3) is 0. The fourth-order valence-electron chi connectivity index (χ4n) is 4.83. The van der Waals surface area contributed by atoms with Crippen molar-refractivity contribution in [2.24, 2.45) is 0 Å². The summed E-state index contributed by atoms with van der Waals surface area (Å²) >= 11 is 1.79. The Morgan fingerprint density at radius 1 is 0.634 bits per heavy atom. The van der Waals surface area contributed by atoms with Gasteiger partial charge in [-0.1, -0.05) is 59.5 Å². The Morgan fingerprint density at radius 3 is 2.27 bits per heavy atom. The quantitative estimate of drug-likeness (QED) is 0.171. The third-order valence-electron chi connectivity index (χ3n) is 6.64. The Hall–Kier alpha value is -4.48. The smallest absolute Gasteiger partial charge is 0.155 e. The van der Waals surface area contributed by atoms with E-state index < -0.39 is 0 Å². The number of pyridine rings is 2. The van der Waals surface area contributed by atoms with Gasteiger partial charge in [-0.05, 0) is 52.2 Å². The van der Waals surface area contributed by atoms with Crippen molar-refractivity contribution in [1.82, 2.24) is 19.5 Å². The molecule has 4 aromatic heterocycles. The van der Waals surface area contributed by atoms with Gasteiger partial charge in [0.2, 0.25) is 0 Å². The molecule has 0 spiro atoms. The van der Waals surface area contributed by atoms with E-state index in [4.69, 9.17) is 4.98 Å². The molecule has 0 aliphatic heterocycles. The first-order chi connectivity index (χ1) is 19.9. The summed E-state index contributed by atoms with van der Waals surface area (Å²) in [6, 6.07) is 47.2. The fourth-order valence-corrected chi connectivity index (χ4v) is 6.03. The first-order valence-corrected chi connectivity index (χ1v) is 13.8. The van der Waals surface area contributed by atoms with E-state index in [2.05, 4.69) is 69.1 Å². The molecule has 1 radical (unpaired) electrons. The second-order valence-corrected chi connectivity index (χ2v) is 10.2. The zero-order valence-corrected chi connectivity index (χ0v) is 24.9. The van der Waals surface area contributed by atoms with Gasteiger partial charge in [0.15, 0.2) is 5.65 Å². The number of para-hydroxylation sites is 1. The second-order valence-electron chi connectivity index (χ2n) is 9.14. The first-order valence-electron chi connectivity index (χ1n) is 13.0. The number of imidazole rings is 1. The minimum atomic E-state index is 0. The molecule has 0 aliphatic rings. The predicted molar refractivity (Wildman–Crippen MR) is 165 cm³/mol. The van der Waals surface area contributed by atoms with Crippen LogP contribution >= 0.6 is 11.3 Å². The van der Waals surface area contributed by atoms with E-state index in [1.165, 1.54) is 20.2 Å². The summed E-state index contributed by atoms with van der Waals surface area (Å²) in [5.74, 6) is 0.872. The SMILES string of the molecule is [Ir].[c-]1ccc2c(sc3ccccc32)c1-c1nc2cccnc2n1-c1ccccc1.[c-]1ccccc1-c1ccccn1. The van der Waals surface area contributed by atoms with Gasteiger partial charge >= 0.3 is 0 Å². The van der Waals surface area contributed by atoms with Crippen molar-refractivity contribution in [2.75, 3.05) is 0 Å². The third-order valence-corrected chi connectivity index (χ3v) is 7.85. The molecule has 0 unspecified atom stereocenters. The molecule has 4 aromatic carbocycles. The Kier molecular flexibility index (Phi) is 7.79. The third kappa shape index (κ3) is 5.21. The van der Waals surface area contributed by atoms with Crippen LogP contribution in [0.1, 0.15) is 0 Å². The van der Waals surface area contributed by atoms with Gasteiger partial charge in [-0.3, -0.25) is 4.98 Å². The van der Waals surface area contributed by atoms with Gasteiger partial charge < -0.3 is 9.55 Å². The first kappa shape index (κ1) is 26.7. The van der Waals surface area contributed by atoms with Crippen molar-refractivity contribution in [3.05, 3.63) is 146 Å². The number of aromatic nitrogens is 4. The van der Waals surface area contributed by atoms with Gasteiger partial charge in [0.1, 0.15) is 0 Å². The van der Waals surface area contributed by atoms with E-state index in [-0.39, 0.29) is 20.1 Å². The number of rotatable bonds is 3. The molecule has 8 rings (SSSR count). The molecule has 0 fully saturated rings. The molecule has 0 atom stereocenters.